The van der Waals surface area contributed by atoms with Crippen molar-refractivity contribution in [1.82, 2.24) is 4.72 Å². The maximum Gasteiger partial charge on any atom is 0.244 e. The van der Waals surface area contributed by atoms with Crippen LogP contribution >= 0.6 is 11.8 Å². The summed E-state index contributed by atoms with van der Waals surface area (Å²) in [7, 11) is -3.56. The normalized spacial score (nSPS) is 13.8. The number of nitrogens with two attached hydrogens (primary N) is 1. The molecule has 0 spiro atoms. The molecule has 1 heterocycles. The Kier molecular flexibility index (Phi) is 5.27. The van der Waals surface area contributed by atoms with Crippen LogP contribution in [-0.4, -0.2) is 26.5 Å². The number of thioether (sulfide) groups is 1. The van der Waals surface area contributed by atoms with E-state index in [0.717, 1.165) is 0 Å². The van der Waals surface area contributed by atoms with Crippen molar-refractivity contribution >= 4 is 21.8 Å². The van der Waals surface area contributed by atoms with E-state index in [-0.39, 0.29) is 16.7 Å². The quantitative estimate of drug-likeness (QED) is 0.827. The van der Waals surface area contributed by atoms with Gasteiger partial charge in [-0.25, -0.2) is 13.1 Å². The van der Waals surface area contributed by atoms with Crippen molar-refractivity contribution < 1.29 is 12.8 Å². The van der Waals surface area contributed by atoms with Crippen LogP contribution in [0.2, 0.25) is 0 Å². The molecular weight excluding hydrogens is 272 g/mol. The molecule has 1 aromatic rings. The molecular formula is C11H20N2O3S2. The second-order valence-electron chi connectivity index (χ2n) is 4.12. The molecule has 0 saturated carbocycles. The summed E-state index contributed by atoms with van der Waals surface area (Å²) in [6.45, 7) is 5.86. The van der Waals surface area contributed by atoms with Crippen LogP contribution in [0.5, 0.6) is 0 Å². The number of furan rings is 1. The van der Waals surface area contributed by atoms with Crippen molar-refractivity contribution in [2.75, 3.05) is 12.8 Å². The van der Waals surface area contributed by atoms with Gasteiger partial charge in [0.15, 0.2) is 0 Å². The van der Waals surface area contributed by atoms with Crippen molar-refractivity contribution in [3.8, 4) is 0 Å². The minimum Gasteiger partial charge on any atom is -0.465 e. The predicted molar refractivity (Wildman–Crippen MR) is 74.2 cm³/mol. The van der Waals surface area contributed by atoms with Crippen molar-refractivity contribution in [1.29, 1.82) is 0 Å². The van der Waals surface area contributed by atoms with Gasteiger partial charge in [0.1, 0.15) is 16.4 Å². The van der Waals surface area contributed by atoms with Gasteiger partial charge in [0, 0.05) is 23.9 Å². The summed E-state index contributed by atoms with van der Waals surface area (Å²) in [5, 5.41) is 0.217. The highest BCUT2D eigenvalue weighted by atomic mass is 32.2. The van der Waals surface area contributed by atoms with Crippen molar-refractivity contribution in [3.05, 3.63) is 17.1 Å². The largest absolute Gasteiger partial charge is 0.465 e. The average molecular weight is 292 g/mol. The fraction of sp³-hybridized carbons (Fsp3) is 0.636. The zero-order valence-corrected chi connectivity index (χ0v) is 12.7. The number of sulfonamides is 1. The van der Waals surface area contributed by atoms with Crippen LogP contribution in [0.25, 0.3) is 0 Å². The van der Waals surface area contributed by atoms with E-state index in [1.807, 2.05) is 13.2 Å². The summed E-state index contributed by atoms with van der Waals surface area (Å²) in [5.41, 5.74) is 6.14. The molecule has 0 aromatic carbocycles. The fourth-order valence-corrected chi connectivity index (χ4v) is 3.62. The lowest BCUT2D eigenvalue weighted by atomic mass is 10.2. The van der Waals surface area contributed by atoms with Gasteiger partial charge in [-0.1, -0.05) is 6.92 Å². The van der Waals surface area contributed by atoms with Gasteiger partial charge in [-0.05, 0) is 20.1 Å². The summed E-state index contributed by atoms with van der Waals surface area (Å²) in [6.07, 6.45) is 1.94. The summed E-state index contributed by atoms with van der Waals surface area (Å²) in [6, 6.07) is 0. The number of rotatable bonds is 6. The van der Waals surface area contributed by atoms with Gasteiger partial charge in [-0.15, -0.1) is 0 Å². The molecule has 1 unspecified atom stereocenters. The van der Waals surface area contributed by atoms with E-state index in [1.54, 1.807) is 25.6 Å². The first-order valence-corrected chi connectivity index (χ1v) is 8.42. The summed E-state index contributed by atoms with van der Waals surface area (Å²) >= 11 is 1.60. The molecule has 0 amide bonds. The van der Waals surface area contributed by atoms with Gasteiger partial charge in [0.05, 0.1) is 0 Å². The summed E-state index contributed by atoms with van der Waals surface area (Å²) in [4.78, 5) is 0.191. The molecule has 18 heavy (non-hydrogen) atoms. The second kappa shape index (κ2) is 6.10. The van der Waals surface area contributed by atoms with Gasteiger partial charge in [0.2, 0.25) is 10.0 Å². The van der Waals surface area contributed by atoms with Crippen LogP contribution in [-0.2, 0) is 16.6 Å². The highest BCUT2D eigenvalue weighted by Gasteiger charge is 2.26. The highest BCUT2D eigenvalue weighted by Crippen LogP contribution is 2.26. The lowest BCUT2D eigenvalue weighted by Gasteiger charge is -2.11. The van der Waals surface area contributed by atoms with Crippen LogP contribution in [0.4, 0.5) is 0 Å². The van der Waals surface area contributed by atoms with Gasteiger partial charge >= 0.3 is 0 Å². The minimum absolute atomic E-state index is 0.150. The standard InChI is InChI=1S/C11H20N2O3S2/c1-7(17-4)6-13-18(14,15)11-9(3)16-8(2)10(11)5-12/h7,13H,5-6,12H2,1-4H3. The Hall–Kier alpha value is -0.500. The lowest BCUT2D eigenvalue weighted by molar-refractivity contribution is 0.494. The monoisotopic (exact) mass is 292 g/mol. The van der Waals surface area contributed by atoms with Crippen LogP contribution < -0.4 is 10.5 Å². The molecule has 3 N–H and O–H groups in total. The van der Waals surface area contributed by atoms with E-state index in [4.69, 9.17) is 10.2 Å². The van der Waals surface area contributed by atoms with E-state index in [9.17, 15) is 8.42 Å². The number of hydrogen-bond acceptors (Lipinski definition) is 5. The Labute approximate surface area is 113 Å². The molecule has 7 heteroatoms. The van der Waals surface area contributed by atoms with Crippen LogP contribution in [0, 0.1) is 13.8 Å². The first-order chi connectivity index (χ1) is 8.33. The Morgan fingerprint density at radius 1 is 1.39 bits per heavy atom. The molecule has 0 aliphatic heterocycles. The predicted octanol–water partition coefficient (Wildman–Crippen LogP) is 1.38. The molecule has 0 bridgehead atoms. The van der Waals surface area contributed by atoms with Crippen molar-refractivity contribution in [2.45, 2.75) is 37.5 Å². The second-order valence-corrected chi connectivity index (χ2v) is 7.10. The summed E-state index contributed by atoms with van der Waals surface area (Å²) < 4.78 is 32.4. The Bertz CT molecular complexity index is 509. The van der Waals surface area contributed by atoms with E-state index in [2.05, 4.69) is 4.72 Å². The van der Waals surface area contributed by atoms with Crippen molar-refractivity contribution in [2.24, 2.45) is 5.73 Å². The molecule has 0 saturated heterocycles. The smallest absolute Gasteiger partial charge is 0.244 e. The minimum atomic E-state index is -3.56. The third kappa shape index (κ3) is 3.28. The molecule has 0 aliphatic rings. The molecule has 0 fully saturated rings. The third-order valence-electron chi connectivity index (χ3n) is 2.76. The van der Waals surface area contributed by atoms with E-state index in [1.165, 1.54) is 0 Å². The zero-order valence-electron chi connectivity index (χ0n) is 11.1. The maximum absolute atomic E-state index is 12.2. The number of hydrogen-bond donors (Lipinski definition) is 2. The molecule has 104 valence electrons. The Morgan fingerprint density at radius 3 is 2.50 bits per heavy atom. The first kappa shape index (κ1) is 15.6. The molecule has 0 aliphatic carbocycles. The number of aryl methyl sites for hydroxylation is 2. The summed E-state index contributed by atoms with van der Waals surface area (Å²) in [5.74, 6) is 0.950. The molecule has 1 atom stereocenters. The fourth-order valence-electron chi connectivity index (χ4n) is 1.68. The zero-order chi connectivity index (χ0) is 13.9. The van der Waals surface area contributed by atoms with Crippen molar-refractivity contribution in [3.63, 3.8) is 0 Å². The van der Waals surface area contributed by atoms with Crippen LogP contribution in [0.15, 0.2) is 9.31 Å². The Balaban J connectivity index is 3.05. The number of nitrogens with one attached hydrogen (secondary N) is 1. The van der Waals surface area contributed by atoms with E-state index < -0.39 is 10.0 Å². The van der Waals surface area contributed by atoms with Gasteiger partial charge in [-0.2, -0.15) is 11.8 Å². The molecule has 1 rings (SSSR count). The SMILES string of the molecule is CSC(C)CNS(=O)(=O)c1c(C)oc(C)c1CN. The molecule has 5 nitrogen and oxygen atoms in total. The maximum atomic E-state index is 12.2. The molecule has 0 radical (unpaired) electrons. The van der Waals surface area contributed by atoms with E-state index >= 15 is 0 Å². The topological polar surface area (TPSA) is 85.3 Å². The third-order valence-corrected chi connectivity index (χ3v) is 5.35. The lowest BCUT2D eigenvalue weighted by Crippen LogP contribution is -2.30. The van der Waals surface area contributed by atoms with E-state index in [0.29, 0.717) is 23.6 Å². The molecule has 1 aromatic heterocycles. The average Bonchev–Trinajstić information content (AvgIpc) is 2.61. The van der Waals surface area contributed by atoms with Gasteiger partial charge in [-0.3, -0.25) is 0 Å². The Morgan fingerprint density at radius 2 is 2.00 bits per heavy atom. The van der Waals surface area contributed by atoms with Crippen LogP contribution in [0.3, 0.4) is 0 Å². The first-order valence-electron chi connectivity index (χ1n) is 5.64. The van der Waals surface area contributed by atoms with Gasteiger partial charge in [0.25, 0.3) is 0 Å². The highest BCUT2D eigenvalue weighted by molar-refractivity contribution is 7.99. The van der Waals surface area contributed by atoms with Gasteiger partial charge < -0.3 is 10.2 Å². The van der Waals surface area contributed by atoms with Crippen LogP contribution in [0.1, 0.15) is 24.0 Å².